The van der Waals surface area contributed by atoms with Crippen LogP contribution in [0.3, 0.4) is 0 Å². The van der Waals surface area contributed by atoms with E-state index in [-0.39, 0.29) is 5.91 Å². The molecule has 1 aromatic heterocycles. The highest BCUT2D eigenvalue weighted by molar-refractivity contribution is 6.30. The number of hydrogen-bond donors (Lipinski definition) is 0. The van der Waals surface area contributed by atoms with Gasteiger partial charge in [-0.2, -0.15) is 0 Å². The lowest BCUT2D eigenvalue weighted by atomic mass is 10.1. The van der Waals surface area contributed by atoms with E-state index in [0.717, 1.165) is 11.1 Å². The van der Waals surface area contributed by atoms with Gasteiger partial charge < -0.3 is 9.64 Å². The Kier molecular flexibility index (Phi) is 5.87. The maximum absolute atomic E-state index is 12.8. The van der Waals surface area contributed by atoms with Crippen LogP contribution in [-0.4, -0.2) is 22.8 Å². The summed E-state index contributed by atoms with van der Waals surface area (Å²) in [6.07, 6.45) is 3.47. The fraction of sp³-hybridized carbons (Fsp3) is 0.143. The van der Waals surface area contributed by atoms with Gasteiger partial charge in [-0.05, 0) is 41.5 Å². The molecule has 0 saturated heterocycles. The van der Waals surface area contributed by atoms with E-state index in [2.05, 4.69) is 4.98 Å². The molecule has 0 N–H and O–H groups in total. The molecule has 26 heavy (non-hydrogen) atoms. The molecular weight excluding hydrogens is 348 g/mol. The lowest BCUT2D eigenvalue weighted by Crippen LogP contribution is -2.26. The summed E-state index contributed by atoms with van der Waals surface area (Å²) in [6, 6.07) is 18.5. The highest BCUT2D eigenvalue weighted by atomic mass is 35.5. The van der Waals surface area contributed by atoms with Gasteiger partial charge >= 0.3 is 0 Å². The summed E-state index contributed by atoms with van der Waals surface area (Å²) < 4.78 is 5.88. The Labute approximate surface area is 158 Å². The number of carbonyl (C=O) groups excluding carboxylic acids is 1. The predicted molar refractivity (Wildman–Crippen MR) is 102 cm³/mol. The first kappa shape index (κ1) is 18.0. The molecule has 2 aromatic carbocycles. The van der Waals surface area contributed by atoms with Gasteiger partial charge in [-0.1, -0.05) is 41.9 Å². The minimum absolute atomic E-state index is 0.0967. The van der Waals surface area contributed by atoms with Crippen molar-refractivity contribution in [2.24, 2.45) is 0 Å². The number of aromatic nitrogens is 1. The molecule has 0 saturated carbocycles. The van der Waals surface area contributed by atoms with Crippen molar-refractivity contribution < 1.29 is 9.53 Å². The van der Waals surface area contributed by atoms with Gasteiger partial charge in [0.15, 0.2) is 0 Å². The SMILES string of the molecule is CN(Cc1cccnc1)C(=O)c1ccccc1OCc1ccc(Cl)cc1. The first-order valence-electron chi connectivity index (χ1n) is 8.24. The summed E-state index contributed by atoms with van der Waals surface area (Å²) in [7, 11) is 1.77. The van der Waals surface area contributed by atoms with Crippen LogP contribution in [0, 0.1) is 0 Å². The van der Waals surface area contributed by atoms with E-state index in [1.807, 2.05) is 48.5 Å². The molecule has 0 aliphatic carbocycles. The van der Waals surface area contributed by atoms with Crippen molar-refractivity contribution in [1.29, 1.82) is 0 Å². The summed E-state index contributed by atoms with van der Waals surface area (Å²) in [5.74, 6) is 0.464. The normalized spacial score (nSPS) is 10.4. The summed E-state index contributed by atoms with van der Waals surface area (Å²) in [5, 5.41) is 0.682. The third-order valence-corrected chi connectivity index (χ3v) is 4.17. The van der Waals surface area contributed by atoms with Crippen LogP contribution in [-0.2, 0) is 13.2 Å². The molecule has 1 amide bonds. The molecule has 3 aromatic rings. The van der Waals surface area contributed by atoms with Crippen molar-refractivity contribution in [1.82, 2.24) is 9.88 Å². The number of hydrogen-bond acceptors (Lipinski definition) is 3. The molecule has 0 spiro atoms. The third-order valence-electron chi connectivity index (χ3n) is 3.91. The number of pyridine rings is 1. The number of nitrogens with zero attached hydrogens (tertiary/aromatic N) is 2. The summed E-state index contributed by atoms with van der Waals surface area (Å²) in [5.41, 5.74) is 2.50. The van der Waals surface area contributed by atoms with Crippen LogP contribution in [0.15, 0.2) is 73.1 Å². The van der Waals surface area contributed by atoms with Crippen LogP contribution in [0.25, 0.3) is 0 Å². The molecule has 132 valence electrons. The van der Waals surface area contributed by atoms with E-state index in [9.17, 15) is 4.79 Å². The zero-order chi connectivity index (χ0) is 18.4. The fourth-order valence-corrected chi connectivity index (χ4v) is 2.68. The zero-order valence-corrected chi connectivity index (χ0v) is 15.2. The molecule has 0 bridgehead atoms. The molecule has 0 aliphatic rings. The van der Waals surface area contributed by atoms with Crippen LogP contribution in [0.5, 0.6) is 5.75 Å². The van der Waals surface area contributed by atoms with E-state index in [1.165, 1.54) is 0 Å². The van der Waals surface area contributed by atoms with Crippen molar-refractivity contribution in [2.75, 3.05) is 7.05 Å². The first-order valence-corrected chi connectivity index (χ1v) is 8.62. The molecular formula is C21H19ClN2O2. The Morgan fingerprint density at radius 2 is 1.81 bits per heavy atom. The van der Waals surface area contributed by atoms with E-state index >= 15 is 0 Å². The minimum Gasteiger partial charge on any atom is -0.488 e. The van der Waals surface area contributed by atoms with E-state index in [4.69, 9.17) is 16.3 Å². The van der Waals surface area contributed by atoms with Gasteiger partial charge in [0.05, 0.1) is 5.56 Å². The Morgan fingerprint density at radius 3 is 2.54 bits per heavy atom. The van der Waals surface area contributed by atoms with Gasteiger partial charge in [0, 0.05) is 31.0 Å². The number of benzene rings is 2. The van der Waals surface area contributed by atoms with E-state index in [1.54, 1.807) is 36.5 Å². The first-order chi connectivity index (χ1) is 12.6. The molecule has 3 rings (SSSR count). The van der Waals surface area contributed by atoms with Crippen LogP contribution < -0.4 is 4.74 Å². The van der Waals surface area contributed by atoms with Crippen LogP contribution in [0.1, 0.15) is 21.5 Å². The Bertz CT molecular complexity index is 867. The fourth-order valence-electron chi connectivity index (χ4n) is 2.55. The van der Waals surface area contributed by atoms with Gasteiger partial charge in [0.2, 0.25) is 0 Å². The maximum atomic E-state index is 12.8. The van der Waals surface area contributed by atoms with Crippen molar-refractivity contribution >= 4 is 17.5 Å². The standard InChI is InChI=1S/C21H19ClN2O2/c1-24(14-17-5-4-12-23-13-17)21(25)19-6-2-3-7-20(19)26-15-16-8-10-18(22)11-9-16/h2-13H,14-15H2,1H3. The summed E-state index contributed by atoms with van der Waals surface area (Å²) in [6.45, 7) is 0.853. The summed E-state index contributed by atoms with van der Waals surface area (Å²) in [4.78, 5) is 18.6. The molecule has 5 heteroatoms. The summed E-state index contributed by atoms with van der Waals surface area (Å²) >= 11 is 5.90. The van der Waals surface area contributed by atoms with Gasteiger partial charge in [-0.3, -0.25) is 9.78 Å². The average molecular weight is 367 g/mol. The lowest BCUT2D eigenvalue weighted by molar-refractivity contribution is 0.0780. The Hall–Kier alpha value is -2.85. The molecule has 1 heterocycles. The van der Waals surface area contributed by atoms with Crippen LogP contribution in [0.4, 0.5) is 0 Å². The van der Waals surface area contributed by atoms with Crippen molar-refractivity contribution in [3.05, 3.63) is 94.8 Å². The number of para-hydroxylation sites is 1. The Balaban J connectivity index is 1.71. The number of rotatable bonds is 6. The highest BCUT2D eigenvalue weighted by Crippen LogP contribution is 2.22. The molecule has 0 fully saturated rings. The van der Waals surface area contributed by atoms with Gasteiger partial charge in [-0.15, -0.1) is 0 Å². The topological polar surface area (TPSA) is 42.4 Å². The minimum atomic E-state index is -0.0967. The molecule has 0 unspecified atom stereocenters. The number of amides is 1. The lowest BCUT2D eigenvalue weighted by Gasteiger charge is -2.19. The number of carbonyl (C=O) groups is 1. The Morgan fingerprint density at radius 1 is 1.04 bits per heavy atom. The average Bonchev–Trinajstić information content (AvgIpc) is 2.68. The molecule has 4 nitrogen and oxygen atoms in total. The van der Waals surface area contributed by atoms with Gasteiger partial charge in [0.25, 0.3) is 5.91 Å². The van der Waals surface area contributed by atoms with Crippen molar-refractivity contribution in [3.63, 3.8) is 0 Å². The van der Waals surface area contributed by atoms with Crippen molar-refractivity contribution in [3.8, 4) is 5.75 Å². The van der Waals surface area contributed by atoms with Crippen LogP contribution in [0.2, 0.25) is 5.02 Å². The molecule has 0 aliphatic heterocycles. The van der Waals surface area contributed by atoms with E-state index in [0.29, 0.717) is 29.5 Å². The second-order valence-corrected chi connectivity index (χ2v) is 6.37. The quantitative estimate of drug-likeness (QED) is 0.641. The smallest absolute Gasteiger partial charge is 0.257 e. The largest absolute Gasteiger partial charge is 0.488 e. The third kappa shape index (κ3) is 4.61. The van der Waals surface area contributed by atoms with Crippen LogP contribution >= 0.6 is 11.6 Å². The number of ether oxygens (including phenoxy) is 1. The second kappa shape index (κ2) is 8.50. The molecule has 0 atom stereocenters. The second-order valence-electron chi connectivity index (χ2n) is 5.93. The molecule has 0 radical (unpaired) electrons. The van der Waals surface area contributed by atoms with Gasteiger partial charge in [-0.25, -0.2) is 0 Å². The van der Waals surface area contributed by atoms with Crippen molar-refractivity contribution in [2.45, 2.75) is 13.2 Å². The predicted octanol–water partition coefficient (Wildman–Crippen LogP) is 4.59. The zero-order valence-electron chi connectivity index (χ0n) is 14.4. The monoisotopic (exact) mass is 366 g/mol. The van der Waals surface area contributed by atoms with Gasteiger partial charge in [0.1, 0.15) is 12.4 Å². The van der Waals surface area contributed by atoms with E-state index < -0.39 is 0 Å². The maximum Gasteiger partial charge on any atom is 0.257 e. The highest BCUT2D eigenvalue weighted by Gasteiger charge is 2.17. The number of halogens is 1.